The number of nitrogens with one attached hydrogen (secondary N) is 1. The molecule has 3 nitrogen and oxygen atoms in total. The van der Waals surface area contributed by atoms with Gasteiger partial charge in [0.05, 0.1) is 17.4 Å². The van der Waals surface area contributed by atoms with Crippen molar-refractivity contribution in [2.24, 2.45) is 0 Å². The Bertz CT molecular complexity index is 665. The van der Waals surface area contributed by atoms with E-state index in [2.05, 4.69) is 32.0 Å². The van der Waals surface area contributed by atoms with Crippen LogP contribution in [0.25, 0.3) is 15.5 Å². The van der Waals surface area contributed by atoms with E-state index in [9.17, 15) is 0 Å². The van der Waals surface area contributed by atoms with Gasteiger partial charge in [0.1, 0.15) is 11.3 Å². The Balaban J connectivity index is 1.83. The average Bonchev–Trinajstić information content (AvgIpc) is 3.03. The van der Waals surface area contributed by atoms with Crippen molar-refractivity contribution in [2.45, 2.75) is 44.4 Å². The number of hydrogen-bond acceptors (Lipinski definition) is 2. The average molecular weight is 318 g/mol. The molecule has 0 spiro atoms. The van der Waals surface area contributed by atoms with Gasteiger partial charge in [-0.2, -0.15) is 0 Å². The molecule has 1 saturated carbocycles. The van der Waals surface area contributed by atoms with E-state index >= 15 is 0 Å². The van der Waals surface area contributed by atoms with Crippen molar-refractivity contribution in [3.63, 3.8) is 0 Å². The highest BCUT2D eigenvalue weighted by Crippen LogP contribution is 2.37. The summed E-state index contributed by atoms with van der Waals surface area (Å²) in [6.45, 7) is 0. The second-order valence-corrected chi connectivity index (χ2v) is 6.41. The SMILES string of the molecule is BrC1=CCc2ncc3[nH]c(C4CCCCC4)nc3c21. The summed E-state index contributed by atoms with van der Waals surface area (Å²) in [5.41, 5.74) is 4.50. The minimum Gasteiger partial charge on any atom is -0.340 e. The topological polar surface area (TPSA) is 41.6 Å². The van der Waals surface area contributed by atoms with Crippen LogP contribution in [-0.4, -0.2) is 15.0 Å². The molecule has 2 heterocycles. The van der Waals surface area contributed by atoms with E-state index in [4.69, 9.17) is 4.98 Å². The van der Waals surface area contributed by atoms with Crippen LogP contribution in [0, 0.1) is 0 Å². The summed E-state index contributed by atoms with van der Waals surface area (Å²) in [6.07, 6.45) is 11.6. The van der Waals surface area contributed by atoms with Crippen LogP contribution in [0.15, 0.2) is 12.3 Å². The number of imidazole rings is 1. The molecule has 2 aliphatic carbocycles. The molecule has 0 atom stereocenters. The van der Waals surface area contributed by atoms with Crippen LogP contribution in [-0.2, 0) is 6.42 Å². The Labute approximate surface area is 120 Å². The predicted octanol–water partition coefficient (Wildman–Crippen LogP) is 4.30. The molecule has 0 aliphatic heterocycles. The van der Waals surface area contributed by atoms with Gasteiger partial charge in [0.25, 0.3) is 0 Å². The Morgan fingerprint density at radius 3 is 2.89 bits per heavy atom. The zero-order valence-corrected chi connectivity index (χ0v) is 12.3. The summed E-state index contributed by atoms with van der Waals surface area (Å²) in [4.78, 5) is 12.9. The van der Waals surface area contributed by atoms with Gasteiger partial charge in [-0.1, -0.05) is 41.3 Å². The number of hydrogen-bond donors (Lipinski definition) is 1. The molecule has 0 bridgehead atoms. The van der Waals surface area contributed by atoms with Gasteiger partial charge in [0.2, 0.25) is 0 Å². The zero-order valence-electron chi connectivity index (χ0n) is 10.7. The van der Waals surface area contributed by atoms with Crippen molar-refractivity contribution in [1.29, 1.82) is 0 Å². The third-order valence-electron chi connectivity index (χ3n) is 4.33. The largest absolute Gasteiger partial charge is 0.340 e. The molecule has 1 fully saturated rings. The second-order valence-electron chi connectivity index (χ2n) is 5.56. The number of halogens is 1. The van der Waals surface area contributed by atoms with Crippen LogP contribution in [0.5, 0.6) is 0 Å². The zero-order chi connectivity index (χ0) is 12.8. The van der Waals surface area contributed by atoms with Gasteiger partial charge in [-0.25, -0.2) is 4.98 Å². The first-order valence-electron chi connectivity index (χ1n) is 7.06. The van der Waals surface area contributed by atoms with Crippen molar-refractivity contribution in [3.8, 4) is 0 Å². The molecule has 4 rings (SSSR count). The minimum atomic E-state index is 0.612. The first-order chi connectivity index (χ1) is 9.33. The maximum atomic E-state index is 4.89. The van der Waals surface area contributed by atoms with Gasteiger partial charge in [0, 0.05) is 22.4 Å². The highest BCUT2D eigenvalue weighted by atomic mass is 79.9. The molecular formula is C15H16BrN3. The molecule has 0 aromatic carbocycles. The van der Waals surface area contributed by atoms with Gasteiger partial charge in [-0.15, -0.1) is 0 Å². The minimum absolute atomic E-state index is 0.612. The van der Waals surface area contributed by atoms with Crippen molar-refractivity contribution in [1.82, 2.24) is 15.0 Å². The standard InChI is InChI=1S/C15H16BrN3/c16-10-6-7-11-13(10)14-12(8-17-11)18-15(19-14)9-4-2-1-3-5-9/h6,8-9H,1-5,7H2,(H,18,19). The normalized spacial score (nSPS) is 19.7. The van der Waals surface area contributed by atoms with Gasteiger partial charge < -0.3 is 4.98 Å². The van der Waals surface area contributed by atoms with E-state index in [0.29, 0.717) is 5.92 Å². The van der Waals surface area contributed by atoms with Gasteiger partial charge in [0.15, 0.2) is 0 Å². The number of aromatic nitrogens is 3. The number of rotatable bonds is 1. The summed E-state index contributed by atoms with van der Waals surface area (Å²) < 4.78 is 1.14. The molecule has 0 unspecified atom stereocenters. The monoisotopic (exact) mass is 317 g/mol. The molecule has 2 aromatic rings. The number of fused-ring (bicyclic) bond motifs is 3. The molecular weight excluding hydrogens is 302 g/mol. The molecule has 4 heteroatoms. The first-order valence-corrected chi connectivity index (χ1v) is 7.86. The van der Waals surface area contributed by atoms with Gasteiger partial charge >= 0.3 is 0 Å². The highest BCUT2D eigenvalue weighted by Gasteiger charge is 2.23. The summed E-state index contributed by atoms with van der Waals surface area (Å²) >= 11 is 3.63. The van der Waals surface area contributed by atoms with Crippen LogP contribution in [0.2, 0.25) is 0 Å². The van der Waals surface area contributed by atoms with E-state index in [1.807, 2.05) is 6.20 Å². The molecule has 98 valence electrons. The molecule has 2 aromatic heterocycles. The van der Waals surface area contributed by atoms with E-state index in [-0.39, 0.29) is 0 Å². The second kappa shape index (κ2) is 4.44. The molecule has 1 N–H and O–H groups in total. The van der Waals surface area contributed by atoms with Crippen molar-refractivity contribution in [3.05, 3.63) is 29.4 Å². The molecule has 2 aliphatic rings. The van der Waals surface area contributed by atoms with E-state index in [1.165, 1.54) is 37.7 Å². The summed E-state index contributed by atoms with van der Waals surface area (Å²) in [5.74, 6) is 1.78. The fraction of sp³-hybridized carbons (Fsp3) is 0.467. The number of nitrogens with zero attached hydrogens (tertiary/aromatic N) is 2. The van der Waals surface area contributed by atoms with E-state index in [0.717, 1.165) is 33.5 Å². The van der Waals surface area contributed by atoms with Crippen LogP contribution >= 0.6 is 15.9 Å². The maximum absolute atomic E-state index is 4.89. The lowest BCUT2D eigenvalue weighted by molar-refractivity contribution is 0.431. The fourth-order valence-electron chi connectivity index (χ4n) is 3.30. The Morgan fingerprint density at radius 2 is 2.05 bits per heavy atom. The quantitative estimate of drug-likeness (QED) is 0.852. The third-order valence-corrected chi connectivity index (χ3v) is 5.05. The highest BCUT2D eigenvalue weighted by molar-refractivity contribution is 9.15. The first kappa shape index (κ1) is 11.6. The van der Waals surface area contributed by atoms with Crippen LogP contribution in [0.4, 0.5) is 0 Å². The number of allylic oxidation sites excluding steroid dienone is 1. The van der Waals surface area contributed by atoms with Crippen molar-refractivity contribution < 1.29 is 0 Å². The Kier molecular flexibility index (Phi) is 2.72. The lowest BCUT2D eigenvalue weighted by Gasteiger charge is -2.18. The number of H-pyrrole nitrogens is 1. The molecule has 0 amide bonds. The smallest absolute Gasteiger partial charge is 0.110 e. The Hall–Kier alpha value is -1.16. The summed E-state index contributed by atoms with van der Waals surface area (Å²) in [5, 5.41) is 0. The van der Waals surface area contributed by atoms with Gasteiger partial charge in [-0.3, -0.25) is 4.98 Å². The molecule has 0 saturated heterocycles. The fourth-order valence-corrected chi connectivity index (χ4v) is 3.88. The van der Waals surface area contributed by atoms with E-state index < -0.39 is 0 Å². The molecule has 19 heavy (non-hydrogen) atoms. The maximum Gasteiger partial charge on any atom is 0.110 e. The Morgan fingerprint density at radius 1 is 1.21 bits per heavy atom. The predicted molar refractivity (Wildman–Crippen MR) is 80.3 cm³/mol. The lowest BCUT2D eigenvalue weighted by Crippen LogP contribution is -2.05. The summed E-state index contributed by atoms with van der Waals surface area (Å²) in [7, 11) is 0. The van der Waals surface area contributed by atoms with Crippen molar-refractivity contribution >= 4 is 31.4 Å². The number of aromatic amines is 1. The third kappa shape index (κ3) is 1.84. The van der Waals surface area contributed by atoms with Crippen LogP contribution < -0.4 is 0 Å². The van der Waals surface area contributed by atoms with Gasteiger partial charge in [-0.05, 0) is 12.8 Å². The van der Waals surface area contributed by atoms with E-state index in [1.54, 1.807) is 0 Å². The van der Waals surface area contributed by atoms with Crippen molar-refractivity contribution in [2.75, 3.05) is 0 Å². The lowest BCUT2D eigenvalue weighted by atomic mass is 9.89. The van der Waals surface area contributed by atoms with Crippen LogP contribution in [0.3, 0.4) is 0 Å². The summed E-state index contributed by atoms with van der Waals surface area (Å²) in [6, 6.07) is 0. The molecule has 0 radical (unpaired) electrons. The number of pyridine rings is 1. The van der Waals surface area contributed by atoms with Crippen LogP contribution in [0.1, 0.15) is 55.1 Å².